The van der Waals surface area contributed by atoms with Crippen molar-refractivity contribution in [3.8, 4) is 0 Å². The molecule has 198 valence electrons. The second-order valence-corrected chi connectivity index (χ2v) is 9.31. The van der Waals surface area contributed by atoms with Crippen molar-refractivity contribution >= 4 is 28.5 Å². The lowest BCUT2D eigenvalue weighted by molar-refractivity contribution is -0.132. The number of carbonyl (C=O) groups excluding carboxylic acids is 2. The summed E-state index contributed by atoms with van der Waals surface area (Å²) < 4.78 is 5.23. The minimum absolute atomic E-state index is 0.0383. The van der Waals surface area contributed by atoms with Crippen LogP contribution in [0.4, 0.5) is 10.5 Å². The zero-order valence-corrected chi connectivity index (χ0v) is 22.2. The topological polar surface area (TPSA) is 77.7 Å². The van der Waals surface area contributed by atoms with Crippen molar-refractivity contribution in [2.24, 2.45) is 0 Å². The van der Waals surface area contributed by atoms with Gasteiger partial charge in [0.2, 0.25) is 5.91 Å². The van der Waals surface area contributed by atoms with Gasteiger partial charge in [0.15, 0.2) is 0 Å². The minimum Gasteiger partial charge on any atom is -0.383 e. The van der Waals surface area contributed by atoms with Crippen molar-refractivity contribution in [2.75, 3.05) is 38.7 Å². The van der Waals surface area contributed by atoms with Crippen molar-refractivity contribution in [1.29, 1.82) is 0 Å². The molecule has 38 heavy (non-hydrogen) atoms. The van der Waals surface area contributed by atoms with E-state index < -0.39 is 0 Å². The zero-order chi connectivity index (χ0) is 26.7. The first kappa shape index (κ1) is 26.9. The van der Waals surface area contributed by atoms with Crippen LogP contribution in [0.2, 0.25) is 0 Å². The molecule has 0 aliphatic heterocycles. The van der Waals surface area contributed by atoms with Crippen molar-refractivity contribution in [1.82, 2.24) is 14.8 Å². The van der Waals surface area contributed by atoms with Gasteiger partial charge in [-0.25, -0.2) is 4.79 Å². The maximum Gasteiger partial charge on any atom is 0.322 e. The van der Waals surface area contributed by atoms with Gasteiger partial charge in [0.1, 0.15) is 6.54 Å². The van der Waals surface area contributed by atoms with E-state index in [2.05, 4.69) is 23.3 Å². The summed E-state index contributed by atoms with van der Waals surface area (Å²) in [6, 6.07) is 25.6. The van der Waals surface area contributed by atoms with E-state index in [1.165, 1.54) is 4.90 Å². The Morgan fingerprint density at radius 1 is 0.895 bits per heavy atom. The molecule has 0 aliphatic carbocycles. The van der Waals surface area contributed by atoms with Crippen LogP contribution in [0, 0.1) is 0 Å². The third-order valence-corrected chi connectivity index (χ3v) is 6.66. The molecule has 0 aliphatic rings. The van der Waals surface area contributed by atoms with Gasteiger partial charge in [0.05, 0.1) is 6.61 Å². The number of nitrogens with zero attached hydrogens (tertiary/aromatic N) is 2. The highest BCUT2D eigenvalue weighted by Gasteiger charge is 2.22. The summed E-state index contributed by atoms with van der Waals surface area (Å²) in [5, 5.41) is 4.11. The number of aromatic amines is 1. The number of rotatable bonds is 12. The van der Waals surface area contributed by atoms with E-state index in [1.54, 1.807) is 7.11 Å². The number of fused-ring (bicyclic) bond motifs is 1. The van der Waals surface area contributed by atoms with E-state index in [0.717, 1.165) is 34.0 Å². The van der Waals surface area contributed by atoms with Crippen LogP contribution in [0.25, 0.3) is 10.9 Å². The van der Waals surface area contributed by atoms with E-state index in [1.807, 2.05) is 83.9 Å². The number of aryl methyl sites for hydroxylation is 1. The second kappa shape index (κ2) is 13.4. The Hall–Kier alpha value is -4.10. The smallest absolute Gasteiger partial charge is 0.322 e. The molecule has 2 N–H and O–H groups in total. The van der Waals surface area contributed by atoms with Gasteiger partial charge >= 0.3 is 6.03 Å². The number of amides is 3. The Bertz CT molecular complexity index is 1340. The van der Waals surface area contributed by atoms with Crippen LogP contribution < -0.4 is 5.32 Å². The summed E-state index contributed by atoms with van der Waals surface area (Å²) >= 11 is 0. The molecule has 4 rings (SSSR count). The van der Waals surface area contributed by atoms with E-state index in [-0.39, 0.29) is 18.5 Å². The van der Waals surface area contributed by atoms with Gasteiger partial charge in [-0.2, -0.15) is 0 Å². The predicted octanol–water partition coefficient (Wildman–Crippen LogP) is 5.48. The number of H-pyrrole nitrogens is 1. The number of benzene rings is 3. The number of aromatic nitrogens is 1. The average Bonchev–Trinajstić information content (AvgIpc) is 3.36. The molecule has 4 aromatic rings. The Kier molecular flexibility index (Phi) is 9.54. The van der Waals surface area contributed by atoms with Gasteiger partial charge in [0.25, 0.3) is 0 Å². The molecular weight excluding hydrogens is 476 g/mol. The van der Waals surface area contributed by atoms with Gasteiger partial charge in [0, 0.05) is 49.5 Å². The van der Waals surface area contributed by atoms with Gasteiger partial charge in [-0.3, -0.25) is 4.79 Å². The van der Waals surface area contributed by atoms with Crippen LogP contribution >= 0.6 is 0 Å². The second-order valence-electron chi connectivity index (χ2n) is 9.31. The SMILES string of the molecule is CCc1cccc(NC(=O)N(CCOC)CC(=O)N(CCc2c[nH]c3ccccc23)Cc2ccccc2)c1. The molecule has 0 saturated heterocycles. The first-order valence-corrected chi connectivity index (χ1v) is 13.1. The number of hydrogen-bond donors (Lipinski definition) is 2. The molecule has 7 heteroatoms. The third kappa shape index (κ3) is 7.23. The van der Waals surface area contributed by atoms with Crippen LogP contribution in [-0.4, -0.2) is 60.1 Å². The van der Waals surface area contributed by atoms with Crippen molar-refractivity contribution in [3.63, 3.8) is 0 Å². The minimum atomic E-state index is -0.319. The number of para-hydroxylation sites is 1. The van der Waals surface area contributed by atoms with E-state index in [0.29, 0.717) is 38.3 Å². The Morgan fingerprint density at radius 2 is 1.66 bits per heavy atom. The van der Waals surface area contributed by atoms with Gasteiger partial charge < -0.3 is 24.8 Å². The highest BCUT2D eigenvalue weighted by molar-refractivity contribution is 5.92. The van der Waals surface area contributed by atoms with Gasteiger partial charge in [-0.15, -0.1) is 0 Å². The Balaban J connectivity index is 1.49. The zero-order valence-electron chi connectivity index (χ0n) is 22.2. The van der Waals surface area contributed by atoms with E-state index in [4.69, 9.17) is 4.74 Å². The molecule has 7 nitrogen and oxygen atoms in total. The van der Waals surface area contributed by atoms with Crippen molar-refractivity contribution in [3.05, 3.63) is 102 Å². The highest BCUT2D eigenvalue weighted by atomic mass is 16.5. The predicted molar refractivity (Wildman–Crippen MR) is 152 cm³/mol. The molecule has 0 spiro atoms. The molecule has 0 atom stereocenters. The van der Waals surface area contributed by atoms with Crippen molar-refractivity contribution < 1.29 is 14.3 Å². The summed E-state index contributed by atoms with van der Waals surface area (Å²) in [6.07, 6.45) is 3.59. The fraction of sp³-hybridized carbons (Fsp3) is 0.290. The lowest BCUT2D eigenvalue weighted by atomic mass is 10.1. The molecule has 0 fully saturated rings. The molecule has 0 bridgehead atoms. The number of hydrogen-bond acceptors (Lipinski definition) is 3. The normalized spacial score (nSPS) is 10.9. The summed E-state index contributed by atoms with van der Waals surface area (Å²) in [5.41, 5.74) is 5.14. The average molecular weight is 513 g/mol. The first-order chi connectivity index (χ1) is 18.6. The van der Waals surface area contributed by atoms with E-state index in [9.17, 15) is 9.59 Å². The maximum absolute atomic E-state index is 13.7. The van der Waals surface area contributed by atoms with Crippen LogP contribution in [0.15, 0.2) is 85.1 Å². The fourth-order valence-electron chi connectivity index (χ4n) is 4.48. The standard InChI is InChI=1S/C31H36N4O3/c1-3-24-12-9-13-27(20-24)33-31(37)35(18-19-38-2)23-30(36)34(22-25-10-5-4-6-11-25)17-16-26-21-32-29-15-8-7-14-28(26)29/h4-15,20-21,32H,3,16-19,22-23H2,1-2H3,(H,33,37). The monoisotopic (exact) mass is 512 g/mol. The molecule has 1 aromatic heterocycles. The maximum atomic E-state index is 13.7. The number of urea groups is 1. The summed E-state index contributed by atoms with van der Waals surface area (Å²) in [5.74, 6) is -0.109. The number of ether oxygens (including phenoxy) is 1. The summed E-state index contributed by atoms with van der Waals surface area (Å²) in [4.78, 5) is 33.5. The van der Waals surface area contributed by atoms with E-state index >= 15 is 0 Å². The molecule has 0 saturated carbocycles. The first-order valence-electron chi connectivity index (χ1n) is 13.1. The summed E-state index contributed by atoms with van der Waals surface area (Å²) in [7, 11) is 1.59. The van der Waals surface area contributed by atoms with Crippen LogP contribution in [0.5, 0.6) is 0 Å². The van der Waals surface area contributed by atoms with Crippen LogP contribution in [-0.2, 0) is 28.9 Å². The number of methoxy groups -OCH3 is 1. The molecular formula is C31H36N4O3. The number of carbonyl (C=O) groups is 2. The van der Waals surface area contributed by atoms with Gasteiger partial charge in [-0.05, 0) is 47.7 Å². The fourth-order valence-corrected chi connectivity index (χ4v) is 4.48. The highest BCUT2D eigenvalue weighted by Crippen LogP contribution is 2.19. The molecule has 3 aromatic carbocycles. The summed E-state index contributed by atoms with van der Waals surface area (Å²) in [6.45, 7) is 3.69. The number of anilines is 1. The van der Waals surface area contributed by atoms with Crippen molar-refractivity contribution in [2.45, 2.75) is 26.3 Å². The van der Waals surface area contributed by atoms with Crippen LogP contribution in [0.3, 0.4) is 0 Å². The largest absolute Gasteiger partial charge is 0.383 e. The molecule has 0 unspecified atom stereocenters. The molecule has 1 heterocycles. The quantitative estimate of drug-likeness (QED) is 0.264. The molecule has 3 amide bonds. The molecule has 0 radical (unpaired) electrons. The third-order valence-electron chi connectivity index (χ3n) is 6.66. The Morgan fingerprint density at radius 3 is 2.45 bits per heavy atom. The number of nitrogens with one attached hydrogen (secondary N) is 2. The van der Waals surface area contributed by atoms with Crippen LogP contribution in [0.1, 0.15) is 23.6 Å². The Labute approximate surface area is 224 Å². The lowest BCUT2D eigenvalue weighted by Gasteiger charge is -2.28. The lowest BCUT2D eigenvalue weighted by Crippen LogP contribution is -2.46. The van der Waals surface area contributed by atoms with Gasteiger partial charge in [-0.1, -0.05) is 67.6 Å².